The third-order valence-electron chi connectivity index (χ3n) is 2.76. The Bertz CT molecular complexity index is 170. The zero-order valence-electron chi connectivity index (χ0n) is 7.79. The maximum absolute atomic E-state index is 11.2. The van der Waals surface area contributed by atoms with E-state index in [1.807, 2.05) is 0 Å². The smallest absolute Gasteiger partial charge is 0.660 e. The summed E-state index contributed by atoms with van der Waals surface area (Å²) in [4.78, 5) is 13.5. The average Bonchev–Trinajstić information content (AvgIpc) is 1.92. The number of carbonyl (C=O) groups excluding carboxylic acids is 1. The van der Waals surface area contributed by atoms with Crippen LogP contribution < -0.4 is 58.2 Å². The molecule has 2 unspecified atom stereocenters. The average molecular weight is 239 g/mol. The van der Waals surface area contributed by atoms with E-state index in [9.17, 15) is 4.79 Å². The molecule has 2 bridgehead atoms. The fraction of sp³-hybridized carbons (Fsp3) is 0.875. The number of hydrogen-bond donors (Lipinski definition) is 0. The van der Waals surface area contributed by atoms with Gasteiger partial charge in [0.05, 0.1) is 0 Å². The molecular weight excluding hydrogens is 226 g/mol. The molecule has 0 aliphatic carbocycles. The standard InChI is InChI=1S/C8H13N2O.Rb/c1-10-6-2-8(11)3-7(10)5-9-4-6;/h6-7H,2-5H2,1H3;/q-1;+1. The van der Waals surface area contributed by atoms with Crippen LogP contribution in [-0.2, 0) is 4.79 Å². The molecule has 0 aromatic heterocycles. The molecule has 0 radical (unpaired) electrons. The number of fused-ring (bicyclic) bond motifs is 2. The van der Waals surface area contributed by atoms with Gasteiger partial charge in [0.15, 0.2) is 0 Å². The van der Waals surface area contributed by atoms with Crippen molar-refractivity contribution in [2.75, 3.05) is 20.1 Å². The van der Waals surface area contributed by atoms with E-state index in [2.05, 4.69) is 17.3 Å². The van der Waals surface area contributed by atoms with Gasteiger partial charge in [-0.1, -0.05) is 0 Å². The Kier molecular flexibility index (Phi) is 4.55. The predicted octanol–water partition coefficient (Wildman–Crippen LogP) is -2.59. The Morgan fingerprint density at radius 2 is 1.83 bits per heavy atom. The van der Waals surface area contributed by atoms with Gasteiger partial charge >= 0.3 is 58.2 Å². The monoisotopic (exact) mass is 238 g/mol. The molecule has 2 fully saturated rings. The molecule has 0 saturated carbocycles. The second-order valence-corrected chi connectivity index (χ2v) is 3.51. The van der Waals surface area contributed by atoms with E-state index in [1.54, 1.807) is 0 Å². The first-order chi connectivity index (χ1) is 5.27. The quantitative estimate of drug-likeness (QED) is 0.464. The summed E-state index contributed by atoms with van der Waals surface area (Å²) in [5, 5.41) is 4.35. The van der Waals surface area contributed by atoms with Crippen LogP contribution in [0.5, 0.6) is 0 Å². The number of rotatable bonds is 0. The predicted molar refractivity (Wildman–Crippen MR) is 42.7 cm³/mol. The SMILES string of the molecule is CN1C2C[N-]CC1CC(=O)C2.[Rb+]. The van der Waals surface area contributed by atoms with Crippen molar-refractivity contribution in [2.45, 2.75) is 24.9 Å². The number of piperidine rings is 1. The minimum Gasteiger partial charge on any atom is -0.660 e. The number of likely N-dealkylation sites (N-methyl/N-ethyl adjacent to an activating group) is 1. The van der Waals surface area contributed by atoms with Crippen LogP contribution in [0.25, 0.3) is 5.32 Å². The summed E-state index contributed by atoms with van der Waals surface area (Å²) in [7, 11) is 2.11. The van der Waals surface area contributed by atoms with Crippen LogP contribution in [0.1, 0.15) is 12.8 Å². The second-order valence-electron chi connectivity index (χ2n) is 3.51. The molecular formula is C8H13N2ORb. The maximum Gasteiger partial charge on any atom is 1.00 e. The van der Waals surface area contributed by atoms with Crippen LogP contribution in [0.4, 0.5) is 0 Å². The first kappa shape index (κ1) is 11.5. The summed E-state index contributed by atoms with van der Waals surface area (Å²) in [5.74, 6) is 0.424. The molecule has 62 valence electrons. The van der Waals surface area contributed by atoms with Crippen molar-refractivity contribution in [3.63, 3.8) is 0 Å². The first-order valence-electron chi connectivity index (χ1n) is 4.14. The third-order valence-corrected chi connectivity index (χ3v) is 2.76. The van der Waals surface area contributed by atoms with Gasteiger partial charge in [0.2, 0.25) is 0 Å². The fourth-order valence-electron chi connectivity index (χ4n) is 1.95. The van der Waals surface area contributed by atoms with Gasteiger partial charge in [0, 0.05) is 12.8 Å². The zero-order valence-corrected chi connectivity index (χ0v) is 12.7. The first-order valence-corrected chi connectivity index (χ1v) is 4.14. The summed E-state index contributed by atoms with van der Waals surface area (Å²) in [5.41, 5.74) is 0. The van der Waals surface area contributed by atoms with E-state index in [-0.39, 0.29) is 58.2 Å². The van der Waals surface area contributed by atoms with Crippen molar-refractivity contribution in [1.29, 1.82) is 0 Å². The summed E-state index contributed by atoms with van der Waals surface area (Å²) in [6.07, 6.45) is 1.44. The maximum atomic E-state index is 11.2. The van der Waals surface area contributed by atoms with Crippen molar-refractivity contribution in [1.82, 2.24) is 4.90 Å². The second kappa shape index (κ2) is 4.76. The van der Waals surface area contributed by atoms with Crippen molar-refractivity contribution in [2.24, 2.45) is 0 Å². The van der Waals surface area contributed by atoms with E-state index in [0.29, 0.717) is 17.9 Å². The van der Waals surface area contributed by atoms with Gasteiger partial charge in [-0.05, 0) is 19.1 Å². The minimum absolute atomic E-state index is 0. The molecule has 0 N–H and O–H groups in total. The van der Waals surface area contributed by atoms with Crippen LogP contribution in [0.3, 0.4) is 0 Å². The molecule has 2 heterocycles. The van der Waals surface area contributed by atoms with Gasteiger partial charge in [-0.15, -0.1) is 13.1 Å². The molecule has 4 heteroatoms. The topological polar surface area (TPSA) is 34.4 Å². The van der Waals surface area contributed by atoms with Gasteiger partial charge in [0.1, 0.15) is 5.78 Å². The Morgan fingerprint density at radius 3 is 2.33 bits per heavy atom. The molecule has 0 spiro atoms. The molecule has 2 atom stereocenters. The molecule has 2 aliphatic heterocycles. The molecule has 2 rings (SSSR count). The van der Waals surface area contributed by atoms with Crippen molar-refractivity contribution in [3.05, 3.63) is 5.32 Å². The van der Waals surface area contributed by atoms with Crippen LogP contribution in [0, 0.1) is 0 Å². The number of nitrogens with zero attached hydrogens (tertiary/aromatic N) is 2. The van der Waals surface area contributed by atoms with Gasteiger partial charge in [-0.2, -0.15) is 0 Å². The minimum atomic E-state index is 0. The number of Topliss-reactive ketones (excluding diaryl/α,β-unsaturated/α-hetero) is 1. The Balaban J connectivity index is 0.000000720. The van der Waals surface area contributed by atoms with Gasteiger partial charge in [0.25, 0.3) is 0 Å². The molecule has 2 saturated heterocycles. The van der Waals surface area contributed by atoms with Crippen molar-refractivity contribution >= 4 is 5.78 Å². The summed E-state index contributed by atoms with van der Waals surface area (Å²) in [6.45, 7) is 1.72. The molecule has 12 heavy (non-hydrogen) atoms. The third kappa shape index (κ3) is 2.25. The van der Waals surface area contributed by atoms with Crippen LogP contribution in [0.15, 0.2) is 0 Å². The Labute approximate surface area is 122 Å². The zero-order chi connectivity index (χ0) is 7.84. The van der Waals surface area contributed by atoms with Gasteiger partial charge in [-0.25, -0.2) is 0 Å². The molecule has 0 aromatic carbocycles. The van der Waals surface area contributed by atoms with Crippen LogP contribution in [0.2, 0.25) is 0 Å². The normalized spacial score (nSPS) is 35.9. The largest absolute Gasteiger partial charge is 1.00 e. The molecule has 0 amide bonds. The summed E-state index contributed by atoms with van der Waals surface area (Å²) < 4.78 is 0. The molecule has 3 nitrogen and oxygen atoms in total. The Morgan fingerprint density at radius 1 is 1.33 bits per heavy atom. The number of carbonyl (C=O) groups is 1. The van der Waals surface area contributed by atoms with Crippen molar-refractivity contribution < 1.29 is 63.0 Å². The van der Waals surface area contributed by atoms with E-state index in [1.165, 1.54) is 0 Å². The van der Waals surface area contributed by atoms with Crippen molar-refractivity contribution in [3.8, 4) is 0 Å². The van der Waals surface area contributed by atoms with Crippen LogP contribution >= 0.6 is 0 Å². The molecule has 0 aromatic rings. The van der Waals surface area contributed by atoms with E-state index in [4.69, 9.17) is 0 Å². The van der Waals surface area contributed by atoms with Gasteiger partial charge in [-0.3, -0.25) is 4.79 Å². The number of piperazine rings is 1. The van der Waals surface area contributed by atoms with Crippen LogP contribution in [-0.4, -0.2) is 42.9 Å². The number of hydrogen-bond acceptors (Lipinski definition) is 2. The van der Waals surface area contributed by atoms with Gasteiger partial charge < -0.3 is 10.2 Å². The van der Waals surface area contributed by atoms with E-state index < -0.39 is 0 Å². The van der Waals surface area contributed by atoms with E-state index >= 15 is 0 Å². The number of ketones is 1. The summed E-state index contributed by atoms with van der Waals surface area (Å²) in [6, 6.07) is 0.824. The molecule has 2 aliphatic rings. The fourth-order valence-corrected chi connectivity index (χ4v) is 1.95. The summed E-state index contributed by atoms with van der Waals surface area (Å²) >= 11 is 0. The van der Waals surface area contributed by atoms with E-state index in [0.717, 1.165) is 25.9 Å². The Hall–Kier alpha value is 1.40.